The average Bonchev–Trinajstić information content (AvgIpc) is 3.21. The maximum atomic E-state index is 12.7. The SMILES string of the molecule is CC(C)Oc1cc(C(=O)Nc2ccc(C(=O)O)cn2)cc(OCCc2ccsc2)n1. The number of carbonyl (C=O) groups excluding carboxylic acids is 1. The first-order valence-corrected chi connectivity index (χ1v) is 10.2. The van der Waals surface area contributed by atoms with Crippen LogP contribution < -0.4 is 14.8 Å². The molecule has 3 heterocycles. The van der Waals surface area contributed by atoms with E-state index in [-0.39, 0.29) is 34.8 Å². The summed E-state index contributed by atoms with van der Waals surface area (Å²) in [6.45, 7) is 4.13. The normalized spacial score (nSPS) is 10.6. The van der Waals surface area contributed by atoms with Gasteiger partial charge in [0.1, 0.15) is 5.82 Å². The Balaban J connectivity index is 1.73. The summed E-state index contributed by atoms with van der Waals surface area (Å²) in [4.78, 5) is 31.9. The van der Waals surface area contributed by atoms with Gasteiger partial charge in [0.05, 0.1) is 23.8 Å². The molecule has 1 amide bonds. The largest absolute Gasteiger partial charge is 0.478 e. The number of hydrogen-bond acceptors (Lipinski definition) is 7. The number of nitrogens with one attached hydrogen (secondary N) is 1. The fraction of sp³-hybridized carbons (Fsp3) is 0.238. The van der Waals surface area contributed by atoms with Gasteiger partial charge in [-0.1, -0.05) is 0 Å². The van der Waals surface area contributed by atoms with Gasteiger partial charge in [0.15, 0.2) is 0 Å². The Morgan fingerprint density at radius 1 is 1.17 bits per heavy atom. The Hall–Kier alpha value is -3.46. The van der Waals surface area contributed by atoms with Crippen molar-refractivity contribution in [1.29, 1.82) is 0 Å². The zero-order valence-corrected chi connectivity index (χ0v) is 17.3. The van der Waals surface area contributed by atoms with Gasteiger partial charge < -0.3 is 19.9 Å². The summed E-state index contributed by atoms with van der Waals surface area (Å²) >= 11 is 1.62. The van der Waals surface area contributed by atoms with Crippen LogP contribution in [0.25, 0.3) is 0 Å². The van der Waals surface area contributed by atoms with Gasteiger partial charge in [-0.2, -0.15) is 16.3 Å². The molecule has 0 aromatic carbocycles. The fourth-order valence-electron chi connectivity index (χ4n) is 2.48. The van der Waals surface area contributed by atoms with Gasteiger partial charge in [0.2, 0.25) is 11.8 Å². The molecule has 3 aromatic rings. The molecule has 9 heteroatoms. The van der Waals surface area contributed by atoms with Gasteiger partial charge in [0, 0.05) is 24.8 Å². The molecule has 0 saturated carbocycles. The van der Waals surface area contributed by atoms with E-state index in [0.717, 1.165) is 6.42 Å². The van der Waals surface area contributed by atoms with Gasteiger partial charge in [-0.3, -0.25) is 4.79 Å². The lowest BCUT2D eigenvalue weighted by Crippen LogP contribution is -2.15. The highest BCUT2D eigenvalue weighted by Gasteiger charge is 2.14. The van der Waals surface area contributed by atoms with E-state index in [9.17, 15) is 9.59 Å². The molecule has 0 aliphatic heterocycles. The van der Waals surface area contributed by atoms with E-state index in [4.69, 9.17) is 14.6 Å². The summed E-state index contributed by atoms with van der Waals surface area (Å²) in [5, 5.41) is 15.6. The van der Waals surface area contributed by atoms with Crippen LogP contribution in [-0.4, -0.2) is 39.7 Å². The molecule has 0 radical (unpaired) electrons. The number of rotatable bonds is 9. The number of hydrogen-bond donors (Lipinski definition) is 2. The van der Waals surface area contributed by atoms with E-state index in [2.05, 4.69) is 20.7 Å². The van der Waals surface area contributed by atoms with Crippen molar-refractivity contribution in [3.05, 3.63) is 64.0 Å². The Bertz CT molecular complexity index is 1000. The fourth-order valence-corrected chi connectivity index (χ4v) is 3.18. The number of ether oxygens (including phenoxy) is 2. The van der Waals surface area contributed by atoms with E-state index >= 15 is 0 Å². The van der Waals surface area contributed by atoms with Crippen LogP contribution in [0.15, 0.2) is 47.3 Å². The second kappa shape index (κ2) is 9.84. The molecule has 0 aliphatic carbocycles. The maximum absolute atomic E-state index is 12.7. The quantitative estimate of drug-likeness (QED) is 0.533. The van der Waals surface area contributed by atoms with Crippen molar-refractivity contribution < 1.29 is 24.2 Å². The molecule has 0 atom stereocenters. The molecule has 2 N–H and O–H groups in total. The minimum Gasteiger partial charge on any atom is -0.478 e. The average molecular weight is 427 g/mol. The standard InChI is InChI=1S/C21H21N3O5S/c1-13(2)29-19-10-16(9-18(24-19)28-7-5-14-6-8-30-12-14)20(25)23-17-4-3-15(11-22-17)21(26)27/h3-4,6,8-13H,5,7H2,1-2H3,(H,26,27)(H,22,23,25). The van der Waals surface area contributed by atoms with E-state index in [1.54, 1.807) is 11.3 Å². The first kappa shape index (κ1) is 21.3. The summed E-state index contributed by atoms with van der Waals surface area (Å²) in [6.07, 6.45) is 1.78. The van der Waals surface area contributed by atoms with Crippen molar-refractivity contribution >= 4 is 29.0 Å². The zero-order chi connectivity index (χ0) is 21.5. The topological polar surface area (TPSA) is 111 Å². The second-order valence-electron chi connectivity index (χ2n) is 6.62. The molecule has 8 nitrogen and oxygen atoms in total. The third-order valence-electron chi connectivity index (χ3n) is 3.87. The molecule has 0 fully saturated rings. The van der Waals surface area contributed by atoms with Crippen LogP contribution in [0.5, 0.6) is 11.8 Å². The maximum Gasteiger partial charge on any atom is 0.337 e. The van der Waals surface area contributed by atoms with Crippen molar-refractivity contribution in [3.8, 4) is 11.8 Å². The highest BCUT2D eigenvalue weighted by molar-refractivity contribution is 7.07. The van der Waals surface area contributed by atoms with Crippen LogP contribution in [0.1, 0.15) is 40.1 Å². The van der Waals surface area contributed by atoms with Crippen LogP contribution in [0, 0.1) is 0 Å². The smallest absolute Gasteiger partial charge is 0.337 e. The molecule has 30 heavy (non-hydrogen) atoms. The van der Waals surface area contributed by atoms with E-state index in [1.165, 1.54) is 36.0 Å². The molecular weight excluding hydrogens is 406 g/mol. The number of thiophene rings is 1. The van der Waals surface area contributed by atoms with Crippen LogP contribution in [0.4, 0.5) is 5.82 Å². The minimum absolute atomic E-state index is 0.0332. The summed E-state index contributed by atoms with van der Waals surface area (Å²) in [7, 11) is 0. The number of amides is 1. The monoisotopic (exact) mass is 427 g/mol. The van der Waals surface area contributed by atoms with Crippen LogP contribution >= 0.6 is 11.3 Å². The Morgan fingerprint density at radius 3 is 2.60 bits per heavy atom. The summed E-state index contributed by atoms with van der Waals surface area (Å²) in [5.41, 5.74) is 1.49. The van der Waals surface area contributed by atoms with Crippen LogP contribution in [0.3, 0.4) is 0 Å². The van der Waals surface area contributed by atoms with Crippen LogP contribution in [-0.2, 0) is 6.42 Å². The molecule has 0 bridgehead atoms. The Kier molecular flexibility index (Phi) is 6.97. The predicted octanol–water partition coefficient (Wildman–Crippen LogP) is 3.90. The van der Waals surface area contributed by atoms with Crippen molar-refractivity contribution in [2.75, 3.05) is 11.9 Å². The Morgan fingerprint density at radius 2 is 1.97 bits per heavy atom. The minimum atomic E-state index is -1.09. The lowest BCUT2D eigenvalue weighted by atomic mass is 10.2. The van der Waals surface area contributed by atoms with E-state index < -0.39 is 11.9 Å². The number of carbonyl (C=O) groups is 2. The zero-order valence-electron chi connectivity index (χ0n) is 16.5. The molecule has 3 rings (SSSR count). The number of carboxylic acids is 1. The number of carboxylic acid groups (broad SMARTS) is 1. The highest BCUT2D eigenvalue weighted by atomic mass is 32.1. The number of pyridine rings is 2. The number of anilines is 1. The molecule has 0 saturated heterocycles. The molecule has 0 spiro atoms. The lowest BCUT2D eigenvalue weighted by molar-refractivity contribution is 0.0696. The lowest BCUT2D eigenvalue weighted by Gasteiger charge is -2.13. The third kappa shape index (κ3) is 6.02. The highest BCUT2D eigenvalue weighted by Crippen LogP contribution is 2.21. The van der Waals surface area contributed by atoms with Gasteiger partial charge in [-0.05, 0) is 48.4 Å². The molecular formula is C21H21N3O5S. The van der Waals surface area contributed by atoms with Gasteiger partial charge in [-0.15, -0.1) is 0 Å². The summed E-state index contributed by atoms with van der Waals surface area (Å²) in [6, 6.07) is 7.87. The molecule has 156 valence electrons. The first-order chi connectivity index (χ1) is 14.4. The van der Waals surface area contributed by atoms with E-state index in [0.29, 0.717) is 6.61 Å². The van der Waals surface area contributed by atoms with Crippen molar-refractivity contribution in [1.82, 2.24) is 9.97 Å². The van der Waals surface area contributed by atoms with Crippen molar-refractivity contribution in [2.24, 2.45) is 0 Å². The molecule has 0 aliphatic rings. The first-order valence-electron chi connectivity index (χ1n) is 9.24. The number of nitrogens with zero attached hydrogens (tertiary/aromatic N) is 2. The second-order valence-corrected chi connectivity index (χ2v) is 7.40. The number of aromatic nitrogens is 2. The third-order valence-corrected chi connectivity index (χ3v) is 4.60. The molecule has 3 aromatic heterocycles. The Labute approximate surface area is 177 Å². The predicted molar refractivity (Wildman–Crippen MR) is 113 cm³/mol. The summed E-state index contributed by atoms with van der Waals surface area (Å²) < 4.78 is 11.4. The summed E-state index contributed by atoms with van der Waals surface area (Å²) in [5.74, 6) is -0.744. The van der Waals surface area contributed by atoms with Crippen molar-refractivity contribution in [3.63, 3.8) is 0 Å². The molecule has 0 unspecified atom stereocenters. The number of aromatic carboxylic acids is 1. The van der Waals surface area contributed by atoms with Gasteiger partial charge in [-0.25, -0.2) is 9.78 Å². The van der Waals surface area contributed by atoms with Crippen molar-refractivity contribution in [2.45, 2.75) is 26.4 Å². The van der Waals surface area contributed by atoms with Gasteiger partial charge in [0.25, 0.3) is 5.91 Å². The van der Waals surface area contributed by atoms with E-state index in [1.807, 2.05) is 25.3 Å². The van der Waals surface area contributed by atoms with Crippen LogP contribution in [0.2, 0.25) is 0 Å². The van der Waals surface area contributed by atoms with Gasteiger partial charge >= 0.3 is 5.97 Å².